The van der Waals surface area contributed by atoms with Gasteiger partial charge in [0, 0.05) is 25.1 Å². The number of hydroxylamine groups is 1. The number of morpholine rings is 1. The molecule has 0 aliphatic carbocycles. The monoisotopic (exact) mass is 568 g/mol. The topological polar surface area (TPSA) is 101 Å². The number of fused-ring (bicyclic) bond motifs is 1. The first-order valence-corrected chi connectivity index (χ1v) is 13.2. The molecule has 0 bridgehead atoms. The normalized spacial score (nSPS) is 21.5. The molecule has 202 valence electrons. The highest BCUT2D eigenvalue weighted by molar-refractivity contribution is 6.42. The van der Waals surface area contributed by atoms with Gasteiger partial charge in [-0.3, -0.25) is 9.63 Å². The fourth-order valence-corrected chi connectivity index (χ4v) is 5.47. The Morgan fingerprint density at radius 3 is 2.82 bits per heavy atom. The van der Waals surface area contributed by atoms with E-state index in [0.717, 1.165) is 24.2 Å². The first-order valence-electron chi connectivity index (χ1n) is 12.5. The highest BCUT2D eigenvalue weighted by Crippen LogP contribution is 2.44. The van der Waals surface area contributed by atoms with Crippen LogP contribution in [-0.2, 0) is 14.4 Å². The molecule has 2 aromatic carbocycles. The van der Waals surface area contributed by atoms with E-state index in [1.165, 1.54) is 12.4 Å². The van der Waals surface area contributed by atoms with Crippen LogP contribution in [0.2, 0.25) is 10.0 Å². The quantitative estimate of drug-likeness (QED) is 0.358. The van der Waals surface area contributed by atoms with Gasteiger partial charge in [0.15, 0.2) is 5.82 Å². The molecule has 10 nitrogen and oxygen atoms in total. The zero-order valence-corrected chi connectivity index (χ0v) is 22.6. The minimum absolute atomic E-state index is 0.163. The molecular formula is C27H26Cl2N6O4. The highest BCUT2D eigenvalue weighted by Gasteiger charge is 2.48. The van der Waals surface area contributed by atoms with Gasteiger partial charge < -0.3 is 25.0 Å². The molecule has 3 aromatic rings. The average Bonchev–Trinajstić information content (AvgIpc) is 3.42. The van der Waals surface area contributed by atoms with Crippen LogP contribution < -0.4 is 25.3 Å². The summed E-state index contributed by atoms with van der Waals surface area (Å²) in [6, 6.07) is 11.2. The van der Waals surface area contributed by atoms with Crippen LogP contribution in [0, 0.1) is 0 Å². The number of hydrogen-bond donors (Lipinski definition) is 2. The second-order valence-electron chi connectivity index (χ2n) is 9.35. The molecule has 0 spiro atoms. The largest absolute Gasteiger partial charge is 0.494 e. The lowest BCUT2D eigenvalue weighted by Crippen LogP contribution is -2.71. The summed E-state index contributed by atoms with van der Waals surface area (Å²) in [5.74, 6) is 1.34. The Morgan fingerprint density at radius 1 is 1.23 bits per heavy atom. The minimum Gasteiger partial charge on any atom is -0.494 e. The van der Waals surface area contributed by atoms with Crippen LogP contribution in [0.3, 0.4) is 0 Å². The molecule has 3 aliphatic heterocycles. The van der Waals surface area contributed by atoms with Gasteiger partial charge in [-0.1, -0.05) is 41.9 Å². The van der Waals surface area contributed by atoms with Crippen molar-refractivity contribution in [3.8, 4) is 5.75 Å². The molecule has 2 N–H and O–H groups in total. The molecule has 4 heterocycles. The number of amides is 1. The smallest absolute Gasteiger partial charge is 0.247 e. The van der Waals surface area contributed by atoms with Gasteiger partial charge in [-0.25, -0.2) is 15.0 Å². The molecule has 1 aromatic heterocycles. The molecule has 3 atom stereocenters. The van der Waals surface area contributed by atoms with Crippen molar-refractivity contribution < 1.29 is 19.1 Å². The van der Waals surface area contributed by atoms with Gasteiger partial charge in [-0.2, -0.15) is 0 Å². The van der Waals surface area contributed by atoms with Crippen molar-refractivity contribution in [2.75, 3.05) is 47.5 Å². The number of hydrogen-bond acceptors (Lipinski definition) is 9. The molecule has 0 saturated carbocycles. The number of nitrogens with one attached hydrogen (secondary N) is 2. The number of carbonyl (C=O) groups excluding carboxylic acids is 1. The second-order valence-corrected chi connectivity index (χ2v) is 10.1. The van der Waals surface area contributed by atoms with Gasteiger partial charge in [0.25, 0.3) is 0 Å². The summed E-state index contributed by atoms with van der Waals surface area (Å²) in [4.78, 5) is 29.2. The Kier molecular flexibility index (Phi) is 6.94. The van der Waals surface area contributed by atoms with Crippen LogP contribution in [0.1, 0.15) is 18.0 Å². The molecule has 2 unspecified atom stereocenters. The Labute approximate surface area is 235 Å². The zero-order chi connectivity index (χ0) is 27.1. The summed E-state index contributed by atoms with van der Waals surface area (Å²) in [5, 5.41) is 8.92. The van der Waals surface area contributed by atoms with Gasteiger partial charge in [-0.05, 0) is 23.8 Å². The van der Waals surface area contributed by atoms with E-state index in [1.807, 2.05) is 24.3 Å². The van der Waals surface area contributed by atoms with Gasteiger partial charge in [0.2, 0.25) is 5.91 Å². The van der Waals surface area contributed by atoms with E-state index in [-0.39, 0.29) is 18.1 Å². The van der Waals surface area contributed by atoms with Gasteiger partial charge in [0.1, 0.15) is 17.9 Å². The standard InChI is InChI=1S/C27H26Cl2N6O4/c1-3-26(36)33-17-9-18(22(37-2)10-20(17)34-12-23-21(34)13-38-23)32-24-11-25(31-14-30-24)35-19(7-8-39-35)15-5-4-6-16(28)27(15)29/h3-6,9-11,14,19,21,23H,1,7-8,12-13H2,2H3,(H,33,36)(H,30,31,32)/t19-,21?,23?/m1/s1. The number of carbonyl (C=O) groups is 1. The number of aromatic nitrogens is 2. The first-order chi connectivity index (χ1) is 19.0. The van der Waals surface area contributed by atoms with E-state index in [2.05, 4.69) is 32.1 Å². The number of ether oxygens (including phenoxy) is 2. The predicted octanol–water partition coefficient (Wildman–Crippen LogP) is 5.13. The third-order valence-electron chi connectivity index (χ3n) is 7.14. The fraction of sp³-hybridized carbons (Fsp3) is 0.296. The van der Waals surface area contributed by atoms with E-state index in [4.69, 9.17) is 37.5 Å². The maximum Gasteiger partial charge on any atom is 0.247 e. The Bertz CT molecular complexity index is 1440. The van der Waals surface area contributed by atoms with Crippen LogP contribution in [0.15, 0.2) is 55.4 Å². The number of rotatable bonds is 8. The molecule has 0 radical (unpaired) electrons. The number of methoxy groups -OCH3 is 1. The Hall–Kier alpha value is -3.57. The molecule has 6 rings (SSSR count). The van der Waals surface area contributed by atoms with E-state index in [0.29, 0.717) is 58.1 Å². The molecule has 3 fully saturated rings. The van der Waals surface area contributed by atoms with Crippen molar-refractivity contribution >= 4 is 57.8 Å². The first kappa shape index (κ1) is 25.7. The van der Waals surface area contributed by atoms with E-state index in [9.17, 15) is 4.79 Å². The summed E-state index contributed by atoms with van der Waals surface area (Å²) in [5.41, 5.74) is 2.96. The van der Waals surface area contributed by atoms with E-state index in [1.54, 1.807) is 24.3 Å². The maximum atomic E-state index is 12.2. The van der Waals surface area contributed by atoms with Gasteiger partial charge in [0.05, 0.1) is 65.6 Å². The van der Waals surface area contributed by atoms with Crippen LogP contribution in [0.4, 0.5) is 28.7 Å². The van der Waals surface area contributed by atoms with Gasteiger partial charge >= 0.3 is 0 Å². The number of benzene rings is 2. The number of nitrogens with zero attached hydrogens (tertiary/aromatic N) is 4. The Morgan fingerprint density at radius 2 is 2.10 bits per heavy atom. The second kappa shape index (κ2) is 10.5. The summed E-state index contributed by atoms with van der Waals surface area (Å²) >= 11 is 12.8. The maximum absolute atomic E-state index is 12.2. The summed E-state index contributed by atoms with van der Waals surface area (Å²) < 4.78 is 11.3. The lowest BCUT2D eigenvalue weighted by molar-refractivity contribution is -0.113. The van der Waals surface area contributed by atoms with Crippen molar-refractivity contribution in [1.29, 1.82) is 0 Å². The summed E-state index contributed by atoms with van der Waals surface area (Å²) in [7, 11) is 1.60. The van der Waals surface area contributed by atoms with Crippen molar-refractivity contribution in [3.05, 3.63) is 71.0 Å². The fourth-order valence-electron chi connectivity index (χ4n) is 5.04. The highest BCUT2D eigenvalue weighted by atomic mass is 35.5. The Balaban J connectivity index is 1.30. The zero-order valence-electron chi connectivity index (χ0n) is 21.1. The van der Waals surface area contributed by atoms with Crippen molar-refractivity contribution in [2.24, 2.45) is 0 Å². The number of anilines is 5. The lowest BCUT2D eigenvalue weighted by atomic mass is 9.93. The minimum atomic E-state index is -0.310. The van der Waals surface area contributed by atoms with Crippen molar-refractivity contribution in [2.45, 2.75) is 24.6 Å². The van der Waals surface area contributed by atoms with E-state index >= 15 is 0 Å². The van der Waals surface area contributed by atoms with Crippen LogP contribution in [-0.4, -0.2) is 54.9 Å². The molecule has 3 aliphatic rings. The van der Waals surface area contributed by atoms with E-state index < -0.39 is 0 Å². The molecule has 1 amide bonds. The predicted molar refractivity (Wildman–Crippen MR) is 150 cm³/mol. The molecule has 12 heteroatoms. The third-order valence-corrected chi connectivity index (χ3v) is 7.98. The van der Waals surface area contributed by atoms with Crippen LogP contribution >= 0.6 is 23.2 Å². The third kappa shape index (κ3) is 4.74. The van der Waals surface area contributed by atoms with Gasteiger partial charge in [-0.15, -0.1) is 0 Å². The average molecular weight is 569 g/mol. The lowest BCUT2D eigenvalue weighted by Gasteiger charge is -2.56. The SMILES string of the molecule is C=CC(=O)Nc1cc(Nc2cc(N3OCC[C@@H]3c3cccc(Cl)c3Cl)ncn2)c(OC)cc1N1CC2OCC21. The van der Waals surface area contributed by atoms with Crippen LogP contribution in [0.5, 0.6) is 5.75 Å². The van der Waals surface area contributed by atoms with Crippen molar-refractivity contribution in [1.82, 2.24) is 9.97 Å². The summed E-state index contributed by atoms with van der Waals surface area (Å²) in [6.45, 7) is 5.49. The number of halogens is 2. The van der Waals surface area contributed by atoms with Crippen LogP contribution in [0.25, 0.3) is 0 Å². The molecule has 3 saturated heterocycles. The molecule has 39 heavy (non-hydrogen) atoms. The summed E-state index contributed by atoms with van der Waals surface area (Å²) in [6.07, 6.45) is 3.64. The molecular weight excluding hydrogens is 543 g/mol. The van der Waals surface area contributed by atoms with Crippen molar-refractivity contribution in [3.63, 3.8) is 0 Å².